The summed E-state index contributed by atoms with van der Waals surface area (Å²) in [6.07, 6.45) is 3.23. The average molecular weight is 254 g/mol. The molecular weight excluding hydrogens is 245 g/mol. The van der Waals surface area contributed by atoms with E-state index in [1.165, 1.54) is 0 Å². The van der Waals surface area contributed by atoms with Crippen LogP contribution in [-0.4, -0.2) is 4.98 Å². The Balaban J connectivity index is 2.31. The lowest BCUT2D eigenvalue weighted by Gasteiger charge is -2.10. The third kappa shape index (κ3) is 2.38. The van der Waals surface area contributed by atoms with Crippen molar-refractivity contribution in [2.75, 3.05) is 11.1 Å². The van der Waals surface area contributed by atoms with Gasteiger partial charge < -0.3 is 11.1 Å². The van der Waals surface area contributed by atoms with Crippen LogP contribution in [0.3, 0.4) is 0 Å². The van der Waals surface area contributed by atoms with Crippen LogP contribution >= 0.6 is 23.2 Å². The Morgan fingerprint density at radius 2 is 1.94 bits per heavy atom. The molecule has 1 aromatic carbocycles. The first kappa shape index (κ1) is 11.0. The topological polar surface area (TPSA) is 50.9 Å². The number of nitrogens with two attached hydrogens (primary N) is 1. The van der Waals surface area contributed by atoms with Gasteiger partial charge in [-0.2, -0.15) is 0 Å². The van der Waals surface area contributed by atoms with Gasteiger partial charge in [0.05, 0.1) is 28.3 Å². The number of rotatable bonds is 2. The monoisotopic (exact) mass is 253 g/mol. The van der Waals surface area contributed by atoms with E-state index in [1.54, 1.807) is 36.7 Å². The first-order valence-electron chi connectivity index (χ1n) is 4.58. The zero-order valence-electron chi connectivity index (χ0n) is 8.24. The fourth-order valence-corrected chi connectivity index (χ4v) is 1.71. The highest BCUT2D eigenvalue weighted by Gasteiger charge is 2.03. The summed E-state index contributed by atoms with van der Waals surface area (Å²) in [5, 5.41) is 4.25. The fraction of sp³-hybridized carbons (Fsp3) is 0. The molecule has 82 valence electrons. The van der Waals surface area contributed by atoms with Crippen molar-refractivity contribution >= 4 is 40.3 Å². The molecule has 0 spiro atoms. The molecule has 0 saturated heterocycles. The Morgan fingerprint density at radius 1 is 1.12 bits per heavy atom. The predicted octanol–water partition coefficient (Wildman–Crippen LogP) is 3.71. The average Bonchev–Trinajstić information content (AvgIpc) is 2.25. The number of halogens is 2. The number of nitrogen functional groups attached to an aromatic ring is 1. The van der Waals surface area contributed by atoms with Crippen molar-refractivity contribution < 1.29 is 0 Å². The molecule has 0 aliphatic heterocycles. The second kappa shape index (κ2) is 4.60. The van der Waals surface area contributed by atoms with E-state index in [2.05, 4.69) is 10.3 Å². The summed E-state index contributed by atoms with van der Waals surface area (Å²) in [5.41, 5.74) is 7.83. The highest BCUT2D eigenvalue weighted by molar-refractivity contribution is 6.36. The molecule has 3 N–H and O–H groups in total. The molecule has 0 saturated carbocycles. The summed E-state index contributed by atoms with van der Waals surface area (Å²) >= 11 is 11.8. The van der Waals surface area contributed by atoms with Gasteiger partial charge in [0.2, 0.25) is 0 Å². The Morgan fingerprint density at radius 3 is 2.62 bits per heavy atom. The molecule has 0 amide bonds. The van der Waals surface area contributed by atoms with Crippen LogP contribution in [0.5, 0.6) is 0 Å². The van der Waals surface area contributed by atoms with E-state index < -0.39 is 0 Å². The van der Waals surface area contributed by atoms with Crippen LogP contribution in [-0.2, 0) is 0 Å². The minimum absolute atomic E-state index is 0.545. The van der Waals surface area contributed by atoms with E-state index in [0.29, 0.717) is 15.7 Å². The molecule has 0 unspecified atom stereocenters. The van der Waals surface area contributed by atoms with Crippen LogP contribution in [0.15, 0.2) is 36.7 Å². The normalized spacial score (nSPS) is 10.1. The van der Waals surface area contributed by atoms with Gasteiger partial charge in [0.1, 0.15) is 0 Å². The van der Waals surface area contributed by atoms with Crippen molar-refractivity contribution in [1.29, 1.82) is 0 Å². The molecule has 1 heterocycles. The van der Waals surface area contributed by atoms with Gasteiger partial charge in [0, 0.05) is 11.2 Å². The lowest BCUT2D eigenvalue weighted by molar-refractivity contribution is 1.33. The van der Waals surface area contributed by atoms with Crippen LogP contribution < -0.4 is 11.1 Å². The number of benzene rings is 1. The molecule has 1 aromatic heterocycles. The van der Waals surface area contributed by atoms with Gasteiger partial charge >= 0.3 is 0 Å². The second-order valence-corrected chi connectivity index (χ2v) is 4.06. The van der Waals surface area contributed by atoms with E-state index in [4.69, 9.17) is 28.9 Å². The summed E-state index contributed by atoms with van der Waals surface area (Å²) in [5.74, 6) is 0. The highest BCUT2D eigenvalue weighted by atomic mass is 35.5. The third-order valence-electron chi connectivity index (χ3n) is 2.05. The van der Waals surface area contributed by atoms with Crippen LogP contribution in [0, 0.1) is 0 Å². The van der Waals surface area contributed by atoms with Crippen molar-refractivity contribution in [3.05, 3.63) is 46.7 Å². The second-order valence-electron chi connectivity index (χ2n) is 3.21. The standard InChI is InChI=1S/C11H9Cl2N3/c12-7-1-2-10(8(13)5-7)16-11-3-4-15-6-9(11)14/h1-6H,14H2,(H,15,16). The molecule has 5 heteroatoms. The largest absolute Gasteiger partial charge is 0.396 e. The fourth-order valence-electron chi connectivity index (χ4n) is 1.26. The molecule has 0 aliphatic carbocycles. The number of nitrogens with zero attached hydrogens (tertiary/aromatic N) is 1. The van der Waals surface area contributed by atoms with E-state index >= 15 is 0 Å². The molecule has 0 aliphatic rings. The zero-order chi connectivity index (χ0) is 11.5. The van der Waals surface area contributed by atoms with Gasteiger partial charge in [-0.05, 0) is 24.3 Å². The Kier molecular flexibility index (Phi) is 3.17. The zero-order valence-corrected chi connectivity index (χ0v) is 9.76. The number of anilines is 3. The van der Waals surface area contributed by atoms with E-state index in [1.807, 2.05) is 0 Å². The van der Waals surface area contributed by atoms with Crippen LogP contribution in [0.4, 0.5) is 17.1 Å². The summed E-state index contributed by atoms with van der Waals surface area (Å²) in [6, 6.07) is 7.00. The van der Waals surface area contributed by atoms with E-state index in [9.17, 15) is 0 Å². The summed E-state index contributed by atoms with van der Waals surface area (Å²) < 4.78 is 0. The lowest BCUT2D eigenvalue weighted by Crippen LogP contribution is -1.97. The first-order valence-corrected chi connectivity index (χ1v) is 5.34. The number of aromatic nitrogens is 1. The van der Waals surface area contributed by atoms with Crippen LogP contribution in [0.1, 0.15) is 0 Å². The number of pyridine rings is 1. The van der Waals surface area contributed by atoms with Gasteiger partial charge in [-0.1, -0.05) is 23.2 Å². The van der Waals surface area contributed by atoms with Crippen molar-refractivity contribution in [3.8, 4) is 0 Å². The lowest BCUT2D eigenvalue weighted by atomic mass is 10.3. The SMILES string of the molecule is Nc1cnccc1Nc1ccc(Cl)cc1Cl. The Bertz CT molecular complexity index is 514. The first-order chi connectivity index (χ1) is 7.66. The molecule has 0 bridgehead atoms. The van der Waals surface area contributed by atoms with Crippen molar-refractivity contribution in [2.24, 2.45) is 0 Å². The van der Waals surface area contributed by atoms with Gasteiger partial charge in [-0.25, -0.2) is 0 Å². The van der Waals surface area contributed by atoms with Gasteiger partial charge in [0.15, 0.2) is 0 Å². The number of hydrogen-bond donors (Lipinski definition) is 2. The van der Waals surface area contributed by atoms with Crippen LogP contribution in [0.25, 0.3) is 0 Å². The molecule has 2 rings (SSSR count). The van der Waals surface area contributed by atoms with E-state index in [0.717, 1.165) is 11.4 Å². The number of nitrogens with one attached hydrogen (secondary N) is 1. The molecule has 0 fully saturated rings. The summed E-state index contributed by atoms with van der Waals surface area (Å²) in [4.78, 5) is 3.90. The summed E-state index contributed by atoms with van der Waals surface area (Å²) in [7, 11) is 0. The molecular formula is C11H9Cl2N3. The highest BCUT2D eigenvalue weighted by Crippen LogP contribution is 2.29. The predicted molar refractivity (Wildman–Crippen MR) is 68.4 cm³/mol. The quantitative estimate of drug-likeness (QED) is 0.858. The molecule has 0 atom stereocenters. The Labute approximate surface area is 103 Å². The molecule has 0 radical (unpaired) electrons. The molecule has 3 nitrogen and oxygen atoms in total. The maximum atomic E-state index is 6.03. The maximum Gasteiger partial charge on any atom is 0.0739 e. The summed E-state index contributed by atoms with van der Waals surface area (Å²) in [6.45, 7) is 0. The Hall–Kier alpha value is -1.45. The van der Waals surface area contributed by atoms with Crippen molar-refractivity contribution in [2.45, 2.75) is 0 Å². The minimum Gasteiger partial charge on any atom is -0.396 e. The smallest absolute Gasteiger partial charge is 0.0739 e. The van der Waals surface area contributed by atoms with Crippen molar-refractivity contribution in [3.63, 3.8) is 0 Å². The molecule has 16 heavy (non-hydrogen) atoms. The van der Waals surface area contributed by atoms with Gasteiger partial charge in [-0.3, -0.25) is 4.98 Å². The minimum atomic E-state index is 0.545. The van der Waals surface area contributed by atoms with Gasteiger partial charge in [-0.15, -0.1) is 0 Å². The molecule has 2 aromatic rings. The van der Waals surface area contributed by atoms with E-state index in [-0.39, 0.29) is 0 Å². The maximum absolute atomic E-state index is 6.03. The van der Waals surface area contributed by atoms with Crippen molar-refractivity contribution in [1.82, 2.24) is 4.98 Å². The van der Waals surface area contributed by atoms with Gasteiger partial charge in [0.25, 0.3) is 0 Å². The van der Waals surface area contributed by atoms with Crippen LogP contribution in [0.2, 0.25) is 10.0 Å². The number of hydrogen-bond acceptors (Lipinski definition) is 3. The third-order valence-corrected chi connectivity index (χ3v) is 2.60.